The molecule has 2 nitrogen and oxygen atoms in total. The van der Waals surface area contributed by atoms with Crippen molar-refractivity contribution in [1.29, 1.82) is 0 Å². The van der Waals surface area contributed by atoms with Gasteiger partial charge in [-0.1, -0.05) is 13.3 Å². The normalized spacial score (nSPS) is 10.4. The Kier molecular flexibility index (Phi) is 3.60. The van der Waals surface area contributed by atoms with Crippen LogP contribution in [-0.4, -0.2) is 10.8 Å². The smallest absolute Gasteiger partial charge is 0.174 e. The average molecular weight is 197 g/mol. The van der Waals surface area contributed by atoms with Gasteiger partial charge in [0, 0.05) is 6.42 Å². The van der Waals surface area contributed by atoms with Crippen molar-refractivity contribution in [3.8, 4) is 0 Å². The predicted octanol–water partition coefficient (Wildman–Crippen LogP) is 3.13. The largest absolute Gasteiger partial charge is 0.293 e. The molecule has 72 valence electrons. The highest BCUT2D eigenvalue weighted by molar-refractivity contribution is 7.13. The first-order chi connectivity index (χ1) is 6.15. The number of thiazole rings is 1. The van der Waals surface area contributed by atoms with Gasteiger partial charge in [-0.3, -0.25) is 4.79 Å². The molecule has 0 bridgehead atoms. The second kappa shape index (κ2) is 4.51. The zero-order valence-corrected chi connectivity index (χ0v) is 9.20. The summed E-state index contributed by atoms with van der Waals surface area (Å²) in [6.07, 6.45) is 2.72. The number of carbonyl (C=O) groups is 1. The molecule has 0 aliphatic heterocycles. The van der Waals surface area contributed by atoms with Gasteiger partial charge in [-0.2, -0.15) is 0 Å². The number of hydrogen-bond donors (Lipinski definition) is 0. The van der Waals surface area contributed by atoms with Crippen LogP contribution in [0.15, 0.2) is 0 Å². The maximum absolute atomic E-state index is 11.6. The molecule has 0 atom stereocenters. The number of Topliss-reactive ketones (excluding diaryl/α,β-unsaturated/α-hetero) is 1. The fourth-order valence-electron chi connectivity index (χ4n) is 1.24. The molecule has 1 rings (SSSR count). The van der Waals surface area contributed by atoms with Crippen LogP contribution in [0.3, 0.4) is 0 Å². The van der Waals surface area contributed by atoms with Crippen LogP contribution in [0.2, 0.25) is 0 Å². The van der Waals surface area contributed by atoms with E-state index in [1.54, 1.807) is 0 Å². The van der Waals surface area contributed by atoms with Crippen LogP contribution < -0.4 is 0 Å². The van der Waals surface area contributed by atoms with Crippen LogP contribution in [0.25, 0.3) is 0 Å². The quantitative estimate of drug-likeness (QED) is 0.694. The number of nitrogens with zero attached hydrogens (tertiary/aromatic N) is 1. The van der Waals surface area contributed by atoms with E-state index in [2.05, 4.69) is 11.9 Å². The number of carbonyl (C=O) groups excluding carboxylic acids is 1. The predicted molar refractivity (Wildman–Crippen MR) is 55.4 cm³/mol. The molecular weight excluding hydrogens is 182 g/mol. The van der Waals surface area contributed by atoms with Gasteiger partial charge in [-0.25, -0.2) is 4.98 Å². The second-order valence-electron chi connectivity index (χ2n) is 3.17. The Balaban J connectivity index is 2.70. The highest BCUT2D eigenvalue weighted by atomic mass is 32.1. The first kappa shape index (κ1) is 10.4. The van der Waals surface area contributed by atoms with Crippen LogP contribution in [0.5, 0.6) is 0 Å². The zero-order valence-electron chi connectivity index (χ0n) is 8.39. The Bertz CT molecular complexity index is 304. The van der Waals surface area contributed by atoms with Crippen molar-refractivity contribution in [3.63, 3.8) is 0 Å². The van der Waals surface area contributed by atoms with E-state index >= 15 is 0 Å². The van der Waals surface area contributed by atoms with Crippen molar-refractivity contribution in [2.24, 2.45) is 0 Å². The summed E-state index contributed by atoms with van der Waals surface area (Å²) in [7, 11) is 0. The lowest BCUT2D eigenvalue weighted by atomic mass is 10.1. The van der Waals surface area contributed by atoms with E-state index in [0.717, 1.165) is 28.4 Å². The number of ketones is 1. The highest BCUT2D eigenvalue weighted by Gasteiger charge is 2.12. The van der Waals surface area contributed by atoms with E-state index in [1.165, 1.54) is 11.3 Å². The lowest BCUT2D eigenvalue weighted by Crippen LogP contribution is -1.97. The summed E-state index contributed by atoms with van der Waals surface area (Å²) in [5.74, 6) is 0.255. The number of hydrogen-bond acceptors (Lipinski definition) is 3. The van der Waals surface area contributed by atoms with E-state index in [0.29, 0.717) is 6.42 Å². The molecule has 0 saturated heterocycles. The topological polar surface area (TPSA) is 30.0 Å². The van der Waals surface area contributed by atoms with Gasteiger partial charge in [0.15, 0.2) is 5.78 Å². The third-order valence-electron chi connectivity index (χ3n) is 1.91. The van der Waals surface area contributed by atoms with Crippen molar-refractivity contribution in [1.82, 2.24) is 4.98 Å². The van der Waals surface area contributed by atoms with Gasteiger partial charge in [0.2, 0.25) is 0 Å². The van der Waals surface area contributed by atoms with Gasteiger partial charge in [0.1, 0.15) is 0 Å². The number of rotatable bonds is 4. The standard InChI is InChI=1S/C10H15NOS/c1-4-5-6-9(12)10-7(2)11-8(3)13-10/h4-6H2,1-3H3. The molecule has 0 aliphatic rings. The highest BCUT2D eigenvalue weighted by Crippen LogP contribution is 2.19. The summed E-state index contributed by atoms with van der Waals surface area (Å²) in [5, 5.41) is 0.984. The second-order valence-corrected chi connectivity index (χ2v) is 4.38. The Labute approximate surface area is 83.0 Å². The van der Waals surface area contributed by atoms with Gasteiger partial charge in [0.05, 0.1) is 15.6 Å². The summed E-state index contributed by atoms with van der Waals surface area (Å²) in [6.45, 7) is 5.94. The lowest BCUT2D eigenvalue weighted by Gasteiger charge is -1.95. The van der Waals surface area contributed by atoms with Crippen LogP contribution in [-0.2, 0) is 0 Å². The van der Waals surface area contributed by atoms with Gasteiger partial charge in [-0.05, 0) is 20.3 Å². The minimum Gasteiger partial charge on any atom is -0.293 e. The molecule has 0 unspecified atom stereocenters. The molecule has 0 N–H and O–H groups in total. The van der Waals surface area contributed by atoms with Gasteiger partial charge in [0.25, 0.3) is 0 Å². The van der Waals surface area contributed by atoms with E-state index in [4.69, 9.17) is 0 Å². The average Bonchev–Trinajstić information content (AvgIpc) is 2.41. The molecule has 0 saturated carbocycles. The van der Waals surface area contributed by atoms with E-state index in [1.807, 2.05) is 13.8 Å². The van der Waals surface area contributed by atoms with Gasteiger partial charge < -0.3 is 0 Å². The lowest BCUT2D eigenvalue weighted by molar-refractivity contribution is 0.0983. The third-order valence-corrected chi connectivity index (χ3v) is 3.03. The van der Waals surface area contributed by atoms with Crippen molar-refractivity contribution >= 4 is 17.1 Å². The minimum atomic E-state index is 0.255. The van der Waals surface area contributed by atoms with E-state index in [9.17, 15) is 4.79 Å². The van der Waals surface area contributed by atoms with Crippen LogP contribution >= 0.6 is 11.3 Å². The molecule has 1 aromatic rings. The summed E-state index contributed by atoms with van der Waals surface area (Å²) < 4.78 is 0. The molecule has 0 amide bonds. The molecule has 0 fully saturated rings. The number of aromatic nitrogens is 1. The van der Waals surface area contributed by atoms with Crippen molar-refractivity contribution in [2.75, 3.05) is 0 Å². The fourth-order valence-corrected chi connectivity index (χ4v) is 2.13. The Morgan fingerprint density at radius 2 is 2.15 bits per heavy atom. The molecule has 1 aromatic heterocycles. The van der Waals surface area contributed by atoms with Crippen LogP contribution in [0.4, 0.5) is 0 Å². The summed E-state index contributed by atoms with van der Waals surface area (Å²) in [6, 6.07) is 0. The van der Waals surface area contributed by atoms with Crippen molar-refractivity contribution < 1.29 is 4.79 Å². The molecule has 0 aliphatic carbocycles. The van der Waals surface area contributed by atoms with Crippen molar-refractivity contribution in [2.45, 2.75) is 40.0 Å². The molecule has 3 heteroatoms. The molecule has 1 heterocycles. The van der Waals surface area contributed by atoms with Crippen LogP contribution in [0, 0.1) is 13.8 Å². The molecule has 13 heavy (non-hydrogen) atoms. The first-order valence-corrected chi connectivity index (χ1v) is 5.44. The van der Waals surface area contributed by atoms with Crippen LogP contribution in [0.1, 0.15) is 46.6 Å². The van der Waals surface area contributed by atoms with Crippen molar-refractivity contribution in [3.05, 3.63) is 15.6 Å². The molecule has 0 aromatic carbocycles. The Hall–Kier alpha value is -0.700. The molecule has 0 radical (unpaired) electrons. The van der Waals surface area contributed by atoms with E-state index < -0.39 is 0 Å². The number of unbranched alkanes of at least 4 members (excludes halogenated alkanes) is 1. The Morgan fingerprint density at radius 3 is 2.62 bits per heavy atom. The summed E-state index contributed by atoms with van der Waals surface area (Å²) in [5.41, 5.74) is 0.892. The first-order valence-electron chi connectivity index (χ1n) is 4.62. The molecular formula is C10H15NOS. The summed E-state index contributed by atoms with van der Waals surface area (Å²) >= 11 is 1.51. The maximum Gasteiger partial charge on any atom is 0.174 e. The van der Waals surface area contributed by atoms with Gasteiger partial charge >= 0.3 is 0 Å². The number of aryl methyl sites for hydroxylation is 2. The monoisotopic (exact) mass is 197 g/mol. The van der Waals surface area contributed by atoms with Gasteiger partial charge in [-0.15, -0.1) is 11.3 Å². The third kappa shape index (κ3) is 2.62. The minimum absolute atomic E-state index is 0.255. The fraction of sp³-hybridized carbons (Fsp3) is 0.600. The Morgan fingerprint density at radius 1 is 1.46 bits per heavy atom. The molecule has 0 spiro atoms. The maximum atomic E-state index is 11.6. The van der Waals surface area contributed by atoms with E-state index in [-0.39, 0.29) is 5.78 Å². The summed E-state index contributed by atoms with van der Waals surface area (Å²) in [4.78, 5) is 16.7. The SMILES string of the molecule is CCCCC(=O)c1sc(C)nc1C. The zero-order chi connectivity index (χ0) is 9.84.